The average Bonchev–Trinajstić information content (AvgIpc) is 2.50. The van der Waals surface area contributed by atoms with E-state index in [2.05, 4.69) is 23.3 Å². The lowest BCUT2D eigenvalue weighted by Gasteiger charge is -1.95. The summed E-state index contributed by atoms with van der Waals surface area (Å²) < 4.78 is 1.79. The molecule has 0 aromatic carbocycles. The molecule has 2 rings (SSSR count). The van der Waals surface area contributed by atoms with Crippen LogP contribution < -0.4 is 0 Å². The number of aryl methyl sites for hydroxylation is 1. The van der Waals surface area contributed by atoms with E-state index in [0.29, 0.717) is 0 Å². The van der Waals surface area contributed by atoms with Gasteiger partial charge in [-0.1, -0.05) is 18.2 Å². The zero-order chi connectivity index (χ0) is 7.68. The molecule has 56 valence electrons. The van der Waals surface area contributed by atoms with Gasteiger partial charge >= 0.3 is 0 Å². The van der Waals surface area contributed by atoms with Crippen molar-refractivity contribution in [1.29, 1.82) is 0 Å². The predicted molar refractivity (Wildman–Crippen MR) is 42.4 cm³/mol. The van der Waals surface area contributed by atoms with Crippen LogP contribution >= 0.6 is 0 Å². The lowest BCUT2D eigenvalue weighted by Crippen LogP contribution is -1.89. The van der Waals surface area contributed by atoms with Gasteiger partial charge in [-0.2, -0.15) is 0 Å². The molecular weight excluding hydrogens is 138 g/mol. The molecule has 0 radical (unpaired) electrons. The molecule has 2 aromatic heterocycles. The minimum Gasteiger partial charge on any atom is -0.220 e. The van der Waals surface area contributed by atoms with E-state index in [0.717, 1.165) is 11.9 Å². The highest BCUT2D eigenvalue weighted by Gasteiger charge is 1.93. The lowest BCUT2D eigenvalue weighted by molar-refractivity contribution is 0.845. The molecule has 0 saturated carbocycles. The van der Waals surface area contributed by atoms with E-state index < -0.39 is 0 Å². The van der Waals surface area contributed by atoms with Crippen LogP contribution in [0.25, 0.3) is 5.52 Å². The van der Waals surface area contributed by atoms with E-state index in [9.17, 15) is 0 Å². The van der Waals surface area contributed by atoms with Gasteiger partial charge in [0.15, 0.2) is 0 Å². The van der Waals surface area contributed by atoms with Crippen LogP contribution in [0.4, 0.5) is 0 Å². The average molecular weight is 147 g/mol. The predicted octanol–water partition coefficient (Wildman–Crippen LogP) is 1.29. The zero-order valence-electron chi connectivity index (χ0n) is 6.36. The van der Waals surface area contributed by atoms with Gasteiger partial charge in [-0.15, -0.1) is 5.10 Å². The van der Waals surface area contributed by atoms with Crippen LogP contribution in [0.2, 0.25) is 0 Å². The Bertz CT molecular complexity index is 364. The van der Waals surface area contributed by atoms with Crippen molar-refractivity contribution in [2.24, 2.45) is 0 Å². The molecule has 0 fully saturated rings. The largest absolute Gasteiger partial charge is 0.220 e. The van der Waals surface area contributed by atoms with Crippen LogP contribution in [0.3, 0.4) is 0 Å². The number of pyridine rings is 1. The van der Waals surface area contributed by atoms with Crippen LogP contribution in [0.5, 0.6) is 0 Å². The molecule has 0 unspecified atom stereocenters. The van der Waals surface area contributed by atoms with Crippen molar-refractivity contribution in [2.75, 3.05) is 0 Å². The Kier molecular flexibility index (Phi) is 1.35. The Morgan fingerprint density at radius 2 is 2.36 bits per heavy atom. The van der Waals surface area contributed by atoms with Crippen LogP contribution in [-0.2, 0) is 6.42 Å². The SMILES string of the molecule is CCc1ccc2cnnn2c1. The topological polar surface area (TPSA) is 30.2 Å². The van der Waals surface area contributed by atoms with Gasteiger partial charge in [0, 0.05) is 6.20 Å². The summed E-state index contributed by atoms with van der Waals surface area (Å²) in [6, 6.07) is 4.12. The molecular formula is C8H9N3. The summed E-state index contributed by atoms with van der Waals surface area (Å²) in [4.78, 5) is 0. The highest BCUT2D eigenvalue weighted by atomic mass is 15.4. The maximum atomic E-state index is 3.89. The van der Waals surface area contributed by atoms with Crippen molar-refractivity contribution >= 4 is 5.52 Å². The number of hydrogen-bond donors (Lipinski definition) is 0. The van der Waals surface area contributed by atoms with Gasteiger partial charge in [0.1, 0.15) is 0 Å². The quantitative estimate of drug-likeness (QED) is 0.608. The summed E-state index contributed by atoms with van der Waals surface area (Å²) in [7, 11) is 0. The van der Waals surface area contributed by atoms with Gasteiger partial charge in [-0.3, -0.25) is 0 Å². The molecule has 3 heteroatoms. The van der Waals surface area contributed by atoms with E-state index in [1.807, 2.05) is 12.3 Å². The minimum atomic E-state index is 1.04. The molecule has 0 N–H and O–H groups in total. The fourth-order valence-electron chi connectivity index (χ4n) is 1.07. The molecule has 2 heterocycles. The van der Waals surface area contributed by atoms with Crippen molar-refractivity contribution in [2.45, 2.75) is 13.3 Å². The van der Waals surface area contributed by atoms with E-state index in [-0.39, 0.29) is 0 Å². The standard InChI is InChI=1S/C8H9N3/c1-2-7-3-4-8-5-9-10-11(8)6-7/h3-6H,2H2,1H3. The monoisotopic (exact) mass is 147 g/mol. The van der Waals surface area contributed by atoms with Gasteiger partial charge in [0.25, 0.3) is 0 Å². The second kappa shape index (κ2) is 2.34. The Morgan fingerprint density at radius 1 is 1.45 bits per heavy atom. The molecule has 3 nitrogen and oxygen atoms in total. The molecule has 0 spiro atoms. The Labute approximate surface area is 64.7 Å². The highest BCUT2D eigenvalue weighted by molar-refractivity contribution is 5.43. The van der Waals surface area contributed by atoms with E-state index in [1.54, 1.807) is 10.7 Å². The molecule has 0 aliphatic rings. The maximum absolute atomic E-state index is 3.89. The molecule has 0 amide bonds. The molecule has 0 aliphatic heterocycles. The molecule has 0 bridgehead atoms. The number of fused-ring (bicyclic) bond motifs is 1. The molecule has 11 heavy (non-hydrogen) atoms. The van der Waals surface area contributed by atoms with Crippen LogP contribution in [0.15, 0.2) is 24.5 Å². The summed E-state index contributed by atoms with van der Waals surface area (Å²) in [6.45, 7) is 2.12. The Hall–Kier alpha value is -1.38. The Morgan fingerprint density at radius 3 is 3.18 bits per heavy atom. The summed E-state index contributed by atoms with van der Waals surface area (Å²) in [6.07, 6.45) is 4.79. The van der Waals surface area contributed by atoms with Gasteiger partial charge in [-0.25, -0.2) is 4.52 Å². The van der Waals surface area contributed by atoms with Gasteiger partial charge in [-0.05, 0) is 18.1 Å². The highest BCUT2D eigenvalue weighted by Crippen LogP contribution is 2.03. The number of hydrogen-bond acceptors (Lipinski definition) is 2. The van der Waals surface area contributed by atoms with E-state index in [4.69, 9.17) is 0 Å². The molecule has 0 saturated heterocycles. The van der Waals surface area contributed by atoms with Crippen molar-refractivity contribution < 1.29 is 0 Å². The van der Waals surface area contributed by atoms with Gasteiger partial charge in [0.05, 0.1) is 11.7 Å². The van der Waals surface area contributed by atoms with Crippen LogP contribution in [0.1, 0.15) is 12.5 Å². The third-order valence-electron chi connectivity index (χ3n) is 1.77. The number of rotatable bonds is 1. The number of nitrogens with zero attached hydrogens (tertiary/aromatic N) is 3. The lowest BCUT2D eigenvalue weighted by atomic mass is 10.2. The van der Waals surface area contributed by atoms with Crippen LogP contribution in [-0.4, -0.2) is 14.8 Å². The first-order valence-corrected chi connectivity index (χ1v) is 3.69. The van der Waals surface area contributed by atoms with E-state index in [1.165, 1.54) is 5.56 Å². The summed E-state index contributed by atoms with van der Waals surface area (Å²) in [5.74, 6) is 0. The van der Waals surface area contributed by atoms with Crippen molar-refractivity contribution in [3.8, 4) is 0 Å². The summed E-state index contributed by atoms with van der Waals surface area (Å²) in [5, 5.41) is 7.68. The van der Waals surface area contributed by atoms with Gasteiger partial charge in [0.2, 0.25) is 0 Å². The first-order chi connectivity index (χ1) is 5.40. The maximum Gasteiger partial charge on any atom is 0.0865 e. The second-order valence-electron chi connectivity index (χ2n) is 2.49. The number of aromatic nitrogens is 3. The third-order valence-corrected chi connectivity index (χ3v) is 1.77. The fraction of sp³-hybridized carbons (Fsp3) is 0.250. The second-order valence-corrected chi connectivity index (χ2v) is 2.49. The molecule has 2 aromatic rings. The minimum absolute atomic E-state index is 1.04. The van der Waals surface area contributed by atoms with Crippen molar-refractivity contribution in [1.82, 2.24) is 14.8 Å². The summed E-state index contributed by atoms with van der Waals surface area (Å²) in [5.41, 5.74) is 2.32. The molecule has 0 aliphatic carbocycles. The van der Waals surface area contributed by atoms with Crippen molar-refractivity contribution in [3.63, 3.8) is 0 Å². The Balaban J connectivity index is 2.67. The van der Waals surface area contributed by atoms with E-state index >= 15 is 0 Å². The normalized spacial score (nSPS) is 10.6. The van der Waals surface area contributed by atoms with Crippen LogP contribution in [0, 0.1) is 0 Å². The molecule has 0 atom stereocenters. The smallest absolute Gasteiger partial charge is 0.0865 e. The fourth-order valence-corrected chi connectivity index (χ4v) is 1.07. The third kappa shape index (κ3) is 0.981. The van der Waals surface area contributed by atoms with Crippen molar-refractivity contribution in [3.05, 3.63) is 30.1 Å². The first kappa shape index (κ1) is 6.34. The first-order valence-electron chi connectivity index (χ1n) is 3.69. The van der Waals surface area contributed by atoms with Gasteiger partial charge < -0.3 is 0 Å². The summed E-state index contributed by atoms with van der Waals surface area (Å²) >= 11 is 0. The zero-order valence-corrected chi connectivity index (χ0v) is 6.36.